The number of hydrogen-bond donors (Lipinski definition) is 0. The zero-order valence-electron chi connectivity index (χ0n) is 15.8. The molecule has 0 fully saturated rings. The van der Waals surface area contributed by atoms with Crippen LogP contribution in [0.3, 0.4) is 0 Å². The third kappa shape index (κ3) is 3.72. The second kappa shape index (κ2) is 7.98. The lowest BCUT2D eigenvalue weighted by molar-refractivity contribution is 1.08. The Balaban J connectivity index is 1.78. The van der Waals surface area contributed by atoms with Crippen molar-refractivity contribution in [3.63, 3.8) is 0 Å². The van der Waals surface area contributed by atoms with Gasteiger partial charge in [0.25, 0.3) is 0 Å². The van der Waals surface area contributed by atoms with Gasteiger partial charge in [-0.3, -0.25) is 0 Å². The fourth-order valence-electron chi connectivity index (χ4n) is 3.45. The van der Waals surface area contributed by atoms with E-state index < -0.39 is 0 Å². The van der Waals surface area contributed by atoms with Crippen LogP contribution >= 0.6 is 27.5 Å². The van der Waals surface area contributed by atoms with E-state index in [0.717, 1.165) is 31.9 Å². The van der Waals surface area contributed by atoms with Crippen LogP contribution in [0.25, 0.3) is 44.9 Å². The first-order valence-corrected chi connectivity index (χ1v) is 10.6. The zero-order valence-corrected chi connectivity index (χ0v) is 18.1. The predicted molar refractivity (Wildman–Crippen MR) is 126 cm³/mol. The number of fused-ring (bicyclic) bond motifs is 1. The van der Waals surface area contributed by atoms with Crippen LogP contribution in [-0.2, 0) is 0 Å². The van der Waals surface area contributed by atoms with Gasteiger partial charge in [-0.25, -0.2) is 15.0 Å². The number of halogens is 2. The van der Waals surface area contributed by atoms with Crippen LogP contribution in [0.15, 0.2) is 95.5 Å². The van der Waals surface area contributed by atoms with Crippen molar-refractivity contribution in [2.75, 3.05) is 0 Å². The van der Waals surface area contributed by atoms with Crippen molar-refractivity contribution in [3.05, 3.63) is 100 Å². The summed E-state index contributed by atoms with van der Waals surface area (Å²) in [6.45, 7) is 0. The van der Waals surface area contributed by atoms with Crippen LogP contribution in [0, 0.1) is 0 Å². The van der Waals surface area contributed by atoms with Crippen molar-refractivity contribution >= 4 is 38.3 Å². The SMILES string of the molecule is Clc1cc(Br)cc(-c2nc(-c3ccccc3)nc(-c3cccc4ccccc34)n2)c1. The number of nitrogens with zero attached hydrogens (tertiary/aromatic N) is 3. The van der Waals surface area contributed by atoms with E-state index >= 15 is 0 Å². The second-order valence-electron chi connectivity index (χ2n) is 6.86. The second-order valence-corrected chi connectivity index (χ2v) is 8.21. The number of rotatable bonds is 3. The van der Waals surface area contributed by atoms with Crippen LogP contribution < -0.4 is 0 Å². The maximum Gasteiger partial charge on any atom is 0.164 e. The minimum atomic E-state index is 0.579. The van der Waals surface area contributed by atoms with Gasteiger partial charge in [-0.1, -0.05) is 100 Å². The van der Waals surface area contributed by atoms with Crippen molar-refractivity contribution in [2.45, 2.75) is 0 Å². The molecule has 5 rings (SSSR count). The lowest BCUT2D eigenvalue weighted by Crippen LogP contribution is -2.00. The van der Waals surface area contributed by atoms with E-state index in [1.165, 1.54) is 0 Å². The lowest BCUT2D eigenvalue weighted by atomic mass is 10.0. The molecular weight excluding hydrogens is 458 g/mol. The molecule has 144 valence electrons. The Labute approximate surface area is 187 Å². The summed E-state index contributed by atoms with van der Waals surface area (Å²) in [7, 11) is 0. The van der Waals surface area contributed by atoms with E-state index in [1.807, 2.05) is 72.8 Å². The van der Waals surface area contributed by atoms with Gasteiger partial charge >= 0.3 is 0 Å². The molecule has 0 amide bonds. The highest BCUT2D eigenvalue weighted by Crippen LogP contribution is 2.31. The molecule has 5 aromatic rings. The Morgan fingerprint density at radius 3 is 2.07 bits per heavy atom. The zero-order chi connectivity index (χ0) is 20.5. The first-order valence-electron chi connectivity index (χ1n) is 9.43. The van der Waals surface area contributed by atoms with Gasteiger partial charge in [0.1, 0.15) is 0 Å². The van der Waals surface area contributed by atoms with Crippen LogP contribution in [0.4, 0.5) is 0 Å². The summed E-state index contributed by atoms with van der Waals surface area (Å²) in [4.78, 5) is 14.4. The average molecular weight is 473 g/mol. The first-order chi connectivity index (χ1) is 14.7. The minimum absolute atomic E-state index is 0.579. The van der Waals surface area contributed by atoms with Crippen LogP contribution in [0.5, 0.6) is 0 Å². The van der Waals surface area contributed by atoms with E-state index in [0.29, 0.717) is 22.5 Å². The standard InChI is InChI=1S/C25H15BrClN3/c26-19-13-18(14-20(27)15-19)24-28-23(17-8-2-1-3-9-17)29-25(30-24)22-12-6-10-16-7-4-5-11-21(16)22/h1-15H. The quantitative estimate of drug-likeness (QED) is 0.274. The van der Waals surface area contributed by atoms with Gasteiger partial charge in [0.15, 0.2) is 17.5 Å². The fraction of sp³-hybridized carbons (Fsp3) is 0. The van der Waals surface area contributed by atoms with E-state index in [1.54, 1.807) is 0 Å². The molecule has 30 heavy (non-hydrogen) atoms. The van der Waals surface area contributed by atoms with Gasteiger partial charge in [0.05, 0.1) is 0 Å². The molecule has 0 spiro atoms. The lowest BCUT2D eigenvalue weighted by Gasteiger charge is -2.10. The number of benzene rings is 4. The molecular formula is C25H15BrClN3. The third-order valence-electron chi connectivity index (χ3n) is 4.82. The van der Waals surface area contributed by atoms with Gasteiger partial charge in [-0.2, -0.15) is 0 Å². The Hall–Kier alpha value is -3.08. The molecule has 1 aromatic heterocycles. The van der Waals surface area contributed by atoms with Crippen LogP contribution in [0.2, 0.25) is 5.02 Å². The van der Waals surface area contributed by atoms with Gasteiger partial charge < -0.3 is 0 Å². The predicted octanol–water partition coefficient (Wildman–Crippen LogP) is 7.44. The molecule has 5 heteroatoms. The first kappa shape index (κ1) is 18.9. The van der Waals surface area contributed by atoms with E-state index in [4.69, 9.17) is 26.6 Å². The smallest absolute Gasteiger partial charge is 0.164 e. The molecule has 3 nitrogen and oxygen atoms in total. The van der Waals surface area contributed by atoms with Gasteiger partial charge in [-0.05, 0) is 29.0 Å². The Morgan fingerprint density at radius 2 is 1.27 bits per heavy atom. The van der Waals surface area contributed by atoms with E-state index in [9.17, 15) is 0 Å². The summed E-state index contributed by atoms with van der Waals surface area (Å²) >= 11 is 9.80. The molecule has 0 radical (unpaired) electrons. The van der Waals surface area contributed by atoms with Gasteiger partial charge in [-0.15, -0.1) is 0 Å². The summed E-state index contributed by atoms with van der Waals surface area (Å²) < 4.78 is 0.874. The third-order valence-corrected chi connectivity index (χ3v) is 5.49. The van der Waals surface area contributed by atoms with Crippen LogP contribution in [-0.4, -0.2) is 15.0 Å². The number of hydrogen-bond acceptors (Lipinski definition) is 3. The molecule has 0 N–H and O–H groups in total. The largest absolute Gasteiger partial charge is 0.208 e. The summed E-state index contributed by atoms with van der Waals surface area (Å²) in [6, 6.07) is 30.0. The van der Waals surface area contributed by atoms with Crippen molar-refractivity contribution in [1.29, 1.82) is 0 Å². The molecule has 0 aliphatic carbocycles. The van der Waals surface area contributed by atoms with Crippen molar-refractivity contribution in [2.24, 2.45) is 0 Å². The molecule has 0 atom stereocenters. The van der Waals surface area contributed by atoms with Crippen LogP contribution in [0.1, 0.15) is 0 Å². The maximum atomic E-state index is 6.29. The molecule has 0 aliphatic heterocycles. The van der Waals surface area contributed by atoms with E-state index in [2.05, 4.69) is 34.1 Å². The molecule has 1 heterocycles. The molecule has 0 unspecified atom stereocenters. The van der Waals surface area contributed by atoms with Crippen molar-refractivity contribution in [3.8, 4) is 34.2 Å². The topological polar surface area (TPSA) is 38.7 Å². The van der Waals surface area contributed by atoms with Gasteiger partial charge in [0.2, 0.25) is 0 Å². The van der Waals surface area contributed by atoms with Crippen molar-refractivity contribution in [1.82, 2.24) is 15.0 Å². The number of aromatic nitrogens is 3. The molecule has 0 aliphatic rings. The highest BCUT2D eigenvalue weighted by molar-refractivity contribution is 9.10. The highest BCUT2D eigenvalue weighted by Gasteiger charge is 2.14. The molecule has 0 bridgehead atoms. The highest BCUT2D eigenvalue weighted by atomic mass is 79.9. The fourth-order valence-corrected chi connectivity index (χ4v) is 4.31. The summed E-state index contributed by atoms with van der Waals surface area (Å²) in [5.41, 5.74) is 2.73. The Bertz CT molecular complexity index is 1340. The van der Waals surface area contributed by atoms with E-state index in [-0.39, 0.29) is 0 Å². The Kier molecular flexibility index (Phi) is 5.03. The average Bonchev–Trinajstić information content (AvgIpc) is 2.78. The molecule has 0 saturated heterocycles. The summed E-state index contributed by atoms with van der Waals surface area (Å²) in [6.07, 6.45) is 0. The normalized spacial score (nSPS) is 11.0. The molecule has 0 saturated carbocycles. The summed E-state index contributed by atoms with van der Waals surface area (Å²) in [5.74, 6) is 1.83. The Morgan fingerprint density at radius 1 is 0.600 bits per heavy atom. The monoisotopic (exact) mass is 471 g/mol. The van der Waals surface area contributed by atoms with Gasteiger partial charge in [0, 0.05) is 26.2 Å². The summed E-state index contributed by atoms with van der Waals surface area (Å²) in [5, 5.41) is 2.86. The molecule has 4 aromatic carbocycles. The maximum absolute atomic E-state index is 6.29. The minimum Gasteiger partial charge on any atom is -0.208 e. The van der Waals surface area contributed by atoms with Crippen molar-refractivity contribution < 1.29 is 0 Å².